The van der Waals surface area contributed by atoms with E-state index in [9.17, 15) is 26.3 Å². The van der Waals surface area contributed by atoms with E-state index in [1.165, 1.54) is 0 Å². The Bertz CT molecular complexity index is 3430. The highest BCUT2D eigenvalue weighted by Gasteiger charge is 2.31. The first-order valence-corrected chi connectivity index (χ1v) is 19.7. The molecule has 0 bridgehead atoms. The van der Waals surface area contributed by atoms with E-state index in [0.29, 0.717) is 22.3 Å². The molecular weight excluding hydrogens is 779 g/mol. The molecule has 0 N–H and O–H groups in total. The highest BCUT2D eigenvalue weighted by atomic mass is 19.4. The van der Waals surface area contributed by atoms with Crippen LogP contribution in [-0.2, 0) is 12.4 Å². The lowest BCUT2D eigenvalue weighted by Crippen LogP contribution is -2.04. The molecule has 11 aromatic rings. The molecule has 7 heteroatoms. The van der Waals surface area contributed by atoms with E-state index in [0.717, 1.165) is 112 Å². The summed E-state index contributed by atoms with van der Waals surface area (Å²) in [6, 6.07) is 54.9. The first-order valence-electron chi connectivity index (χ1n) is 19.7. The number of fused-ring (bicyclic) bond motifs is 7. The Hall–Kier alpha value is -7.38. The Balaban J connectivity index is 1.17. The van der Waals surface area contributed by atoms with Gasteiger partial charge in [0, 0.05) is 21.9 Å². The second-order valence-corrected chi connectivity index (χ2v) is 15.3. The summed E-state index contributed by atoms with van der Waals surface area (Å²) < 4.78 is 88.6. The quantitative estimate of drug-likeness (QED) is 0.128. The number of para-hydroxylation sites is 1. The fourth-order valence-corrected chi connectivity index (χ4v) is 9.36. The van der Waals surface area contributed by atoms with Gasteiger partial charge in [0.25, 0.3) is 0 Å². The second-order valence-electron chi connectivity index (χ2n) is 15.3. The normalized spacial score (nSPS) is 12.4. The zero-order valence-corrected chi connectivity index (χ0v) is 32.0. The molecule has 10 aromatic carbocycles. The van der Waals surface area contributed by atoms with Crippen LogP contribution in [0.5, 0.6) is 0 Å². The van der Waals surface area contributed by atoms with Gasteiger partial charge >= 0.3 is 12.4 Å². The van der Waals surface area contributed by atoms with Gasteiger partial charge in [0.2, 0.25) is 0 Å². The third-order valence-electron chi connectivity index (χ3n) is 11.9. The SMILES string of the molecule is FC(F)(F)c1ccc(-c2c3ccccc3c(-c3cccc4c3oc3cccc(-c5c6ccccc6c(-c6ccc(C(F)(F)F)cc6)c6ccccc56)c34)c3ccccc23)cc1. The topological polar surface area (TPSA) is 13.1 Å². The van der Waals surface area contributed by atoms with Crippen molar-refractivity contribution in [3.8, 4) is 44.5 Å². The number of hydrogen-bond acceptors (Lipinski definition) is 1. The smallest absolute Gasteiger partial charge is 0.416 e. The Morgan fingerprint density at radius 1 is 0.295 bits per heavy atom. The second kappa shape index (κ2) is 13.6. The van der Waals surface area contributed by atoms with Crippen LogP contribution in [0.2, 0.25) is 0 Å². The first kappa shape index (κ1) is 36.7. The summed E-state index contributed by atoms with van der Waals surface area (Å²) in [5.41, 5.74) is 6.81. The molecule has 0 aliphatic carbocycles. The van der Waals surface area contributed by atoms with Crippen LogP contribution in [0.15, 0.2) is 186 Å². The van der Waals surface area contributed by atoms with E-state index in [1.807, 2.05) is 103 Å². The Morgan fingerprint density at radius 2 is 0.623 bits per heavy atom. The van der Waals surface area contributed by atoms with Crippen LogP contribution in [0.1, 0.15) is 11.1 Å². The van der Waals surface area contributed by atoms with Crippen molar-refractivity contribution in [2.24, 2.45) is 0 Å². The average molecular weight is 809 g/mol. The number of hydrogen-bond donors (Lipinski definition) is 0. The van der Waals surface area contributed by atoms with Crippen molar-refractivity contribution in [1.29, 1.82) is 0 Å². The monoisotopic (exact) mass is 808 g/mol. The van der Waals surface area contributed by atoms with E-state index in [1.54, 1.807) is 24.3 Å². The number of furan rings is 1. The van der Waals surface area contributed by atoms with Gasteiger partial charge in [-0.15, -0.1) is 0 Å². The summed E-state index contributed by atoms with van der Waals surface area (Å²) in [6.45, 7) is 0. The third kappa shape index (κ3) is 5.79. The summed E-state index contributed by atoms with van der Waals surface area (Å²) in [7, 11) is 0. The Morgan fingerprint density at radius 3 is 1.02 bits per heavy atom. The van der Waals surface area contributed by atoms with Gasteiger partial charge in [0.15, 0.2) is 0 Å². The van der Waals surface area contributed by atoms with Crippen LogP contribution >= 0.6 is 0 Å². The molecule has 0 unspecified atom stereocenters. The molecule has 1 nitrogen and oxygen atoms in total. The van der Waals surface area contributed by atoms with Crippen LogP contribution in [-0.4, -0.2) is 0 Å². The molecule has 0 aliphatic heterocycles. The predicted octanol–water partition coefficient (Wildman–Crippen LogP) is 16.9. The minimum atomic E-state index is -4.45. The molecule has 0 aliphatic rings. The van der Waals surface area contributed by atoms with Crippen molar-refractivity contribution in [1.82, 2.24) is 0 Å². The van der Waals surface area contributed by atoms with Gasteiger partial charge < -0.3 is 4.42 Å². The summed E-state index contributed by atoms with van der Waals surface area (Å²) in [4.78, 5) is 0. The number of alkyl halides is 6. The lowest BCUT2D eigenvalue weighted by molar-refractivity contribution is -0.138. The van der Waals surface area contributed by atoms with Crippen LogP contribution in [0.3, 0.4) is 0 Å². The van der Waals surface area contributed by atoms with E-state index in [-0.39, 0.29) is 0 Å². The minimum absolute atomic E-state index is 0.683. The molecular formula is C54H30F6O. The molecule has 0 amide bonds. The molecule has 0 saturated heterocycles. The largest absolute Gasteiger partial charge is 0.455 e. The number of benzene rings is 10. The molecule has 0 spiro atoms. The minimum Gasteiger partial charge on any atom is -0.455 e. The van der Waals surface area contributed by atoms with Gasteiger partial charge in [-0.1, -0.05) is 152 Å². The van der Waals surface area contributed by atoms with Crippen molar-refractivity contribution in [2.75, 3.05) is 0 Å². The van der Waals surface area contributed by atoms with Crippen molar-refractivity contribution in [2.45, 2.75) is 12.4 Å². The Labute approximate surface area is 344 Å². The summed E-state index contributed by atoms with van der Waals surface area (Å²) in [5.74, 6) is 0. The number of halogens is 6. The van der Waals surface area contributed by atoms with Gasteiger partial charge in [-0.05, 0) is 107 Å². The van der Waals surface area contributed by atoms with Gasteiger partial charge in [-0.2, -0.15) is 26.3 Å². The highest BCUT2D eigenvalue weighted by molar-refractivity contribution is 6.28. The highest BCUT2D eigenvalue weighted by Crippen LogP contribution is 2.50. The molecule has 11 rings (SSSR count). The standard InChI is InChI=1S/C54H30F6O/c55-53(56,57)33-27-23-31(24-28-33)47-35-11-1-5-15-39(35)49(40-16-6-2-12-36(40)47)43-19-10-22-46-51(43)45-21-9-20-44(52(45)61-46)50-41-17-7-3-13-37(41)48(38-14-4-8-18-42(38)50)32-25-29-34(30-26-32)54(58,59)60/h1-30H. The molecule has 294 valence electrons. The van der Waals surface area contributed by atoms with Crippen LogP contribution in [0, 0.1) is 0 Å². The van der Waals surface area contributed by atoms with E-state index in [4.69, 9.17) is 4.42 Å². The average Bonchev–Trinajstić information content (AvgIpc) is 3.67. The van der Waals surface area contributed by atoms with E-state index < -0.39 is 23.5 Å². The molecule has 0 saturated carbocycles. The maximum atomic E-state index is 13.6. The van der Waals surface area contributed by atoms with Crippen LogP contribution in [0.25, 0.3) is 110 Å². The van der Waals surface area contributed by atoms with Gasteiger partial charge in [0.05, 0.1) is 11.1 Å². The third-order valence-corrected chi connectivity index (χ3v) is 11.9. The zero-order chi connectivity index (χ0) is 41.6. The summed E-state index contributed by atoms with van der Waals surface area (Å²) in [5, 5.41) is 9.21. The van der Waals surface area contributed by atoms with Crippen LogP contribution < -0.4 is 0 Å². The van der Waals surface area contributed by atoms with Gasteiger partial charge in [-0.25, -0.2) is 0 Å². The first-order chi connectivity index (χ1) is 29.6. The predicted molar refractivity (Wildman–Crippen MR) is 235 cm³/mol. The molecule has 1 heterocycles. The summed E-state index contributed by atoms with van der Waals surface area (Å²) >= 11 is 0. The van der Waals surface area contributed by atoms with E-state index >= 15 is 0 Å². The van der Waals surface area contributed by atoms with Crippen molar-refractivity contribution in [3.63, 3.8) is 0 Å². The summed E-state index contributed by atoms with van der Waals surface area (Å²) in [6.07, 6.45) is -8.89. The van der Waals surface area contributed by atoms with Gasteiger partial charge in [-0.3, -0.25) is 0 Å². The fourth-order valence-electron chi connectivity index (χ4n) is 9.36. The lowest BCUT2D eigenvalue weighted by atomic mass is 9.84. The molecule has 1 aromatic heterocycles. The van der Waals surface area contributed by atoms with Crippen molar-refractivity contribution >= 4 is 65.0 Å². The van der Waals surface area contributed by atoms with E-state index in [2.05, 4.69) is 30.3 Å². The van der Waals surface area contributed by atoms with Crippen molar-refractivity contribution in [3.05, 3.63) is 193 Å². The lowest BCUT2D eigenvalue weighted by Gasteiger charge is -2.19. The Kier molecular flexibility index (Phi) is 8.16. The van der Waals surface area contributed by atoms with Crippen molar-refractivity contribution < 1.29 is 30.8 Å². The number of rotatable bonds is 4. The molecule has 61 heavy (non-hydrogen) atoms. The molecule has 0 atom stereocenters. The molecule has 0 radical (unpaired) electrons. The zero-order valence-electron chi connectivity index (χ0n) is 32.0. The van der Waals surface area contributed by atoms with Gasteiger partial charge in [0.1, 0.15) is 11.2 Å². The maximum Gasteiger partial charge on any atom is 0.416 e. The maximum absolute atomic E-state index is 13.6. The van der Waals surface area contributed by atoms with Crippen LogP contribution in [0.4, 0.5) is 26.3 Å². The molecule has 0 fully saturated rings. The fraction of sp³-hybridized carbons (Fsp3) is 0.0370.